The summed E-state index contributed by atoms with van der Waals surface area (Å²) in [5, 5.41) is 20.2. The molecule has 0 aromatic rings. The highest BCUT2D eigenvalue weighted by atomic mass is 16.3. The van der Waals surface area contributed by atoms with Gasteiger partial charge in [-0.15, -0.1) is 0 Å². The van der Waals surface area contributed by atoms with Gasteiger partial charge in [-0.25, -0.2) is 0 Å². The van der Waals surface area contributed by atoms with Gasteiger partial charge in [-0.1, -0.05) is 55.9 Å². The lowest BCUT2D eigenvalue weighted by atomic mass is 9.63. The summed E-state index contributed by atoms with van der Waals surface area (Å²) in [6.45, 7) is 12.6. The predicted octanol–water partition coefficient (Wildman–Crippen LogP) is 6.51. The second-order valence-electron chi connectivity index (χ2n) is 10.7. The molecule has 5 atom stereocenters. The second kappa shape index (κ2) is 8.94. The SMILES string of the molecule is C=C1CC[C@H](O)C/C1=C/C=C1\CCC[C@@]2(C)C1CC[C@@H]2C/C=C/[C@@H](C)C(C)(C)O. The van der Waals surface area contributed by atoms with Crippen molar-refractivity contribution in [3.05, 3.63) is 47.6 Å². The van der Waals surface area contributed by atoms with E-state index >= 15 is 0 Å². The molecule has 29 heavy (non-hydrogen) atoms. The minimum absolute atomic E-state index is 0.180. The molecule has 0 aromatic carbocycles. The Morgan fingerprint density at radius 3 is 2.69 bits per heavy atom. The molecule has 2 N–H and O–H groups in total. The monoisotopic (exact) mass is 398 g/mol. The van der Waals surface area contributed by atoms with Gasteiger partial charge in [-0.05, 0) is 94.5 Å². The summed E-state index contributed by atoms with van der Waals surface area (Å²) in [4.78, 5) is 0. The van der Waals surface area contributed by atoms with Crippen molar-refractivity contribution in [1.29, 1.82) is 0 Å². The van der Waals surface area contributed by atoms with Crippen LogP contribution < -0.4 is 0 Å². The Labute approximate surface area is 178 Å². The average molecular weight is 399 g/mol. The standard InChI is InChI=1S/C27H42O2/c1-19-11-15-24(28)18-22(19)13-12-21-9-7-17-27(5)23(14-16-25(21)27)10-6-8-20(2)26(3,4)29/h6,8,12-13,20,23-25,28-29H,1,7,9-11,14-18H2,2-5H3/b8-6+,21-12+,22-13-/t20-,23+,24+,25?,27-/m1/s1. The number of fused-ring (bicyclic) bond motifs is 1. The first kappa shape index (κ1) is 22.6. The highest BCUT2D eigenvalue weighted by Gasteiger charge is 2.48. The van der Waals surface area contributed by atoms with Gasteiger partial charge in [0.1, 0.15) is 0 Å². The van der Waals surface area contributed by atoms with Gasteiger partial charge >= 0.3 is 0 Å². The van der Waals surface area contributed by atoms with Crippen molar-refractivity contribution in [2.45, 2.75) is 97.2 Å². The van der Waals surface area contributed by atoms with E-state index in [0.717, 1.165) is 31.6 Å². The van der Waals surface area contributed by atoms with Crippen molar-refractivity contribution in [3.8, 4) is 0 Å². The fourth-order valence-electron chi connectivity index (χ4n) is 5.81. The van der Waals surface area contributed by atoms with E-state index in [2.05, 4.69) is 44.7 Å². The van der Waals surface area contributed by atoms with Crippen LogP contribution in [0.15, 0.2) is 47.6 Å². The van der Waals surface area contributed by atoms with Gasteiger partial charge < -0.3 is 10.2 Å². The third-order valence-electron chi connectivity index (χ3n) is 8.31. The van der Waals surface area contributed by atoms with Crippen molar-refractivity contribution < 1.29 is 10.2 Å². The van der Waals surface area contributed by atoms with Gasteiger partial charge in [0.25, 0.3) is 0 Å². The Bertz CT molecular complexity index is 690. The van der Waals surface area contributed by atoms with Gasteiger partial charge in [0.05, 0.1) is 11.7 Å². The highest BCUT2D eigenvalue weighted by Crippen LogP contribution is 2.58. The van der Waals surface area contributed by atoms with Gasteiger partial charge in [-0.2, -0.15) is 0 Å². The molecule has 162 valence electrons. The quantitative estimate of drug-likeness (QED) is 0.518. The molecular formula is C27H42O2. The number of aliphatic hydroxyl groups excluding tert-OH is 1. The van der Waals surface area contributed by atoms with Gasteiger partial charge in [-0.3, -0.25) is 0 Å². The molecule has 0 aliphatic heterocycles. The fourth-order valence-corrected chi connectivity index (χ4v) is 5.81. The van der Waals surface area contributed by atoms with Crippen molar-refractivity contribution in [2.75, 3.05) is 0 Å². The number of hydrogen-bond donors (Lipinski definition) is 2. The van der Waals surface area contributed by atoms with Crippen LogP contribution in [0.5, 0.6) is 0 Å². The van der Waals surface area contributed by atoms with E-state index in [1.807, 2.05) is 13.8 Å². The van der Waals surface area contributed by atoms with Crippen LogP contribution in [0.2, 0.25) is 0 Å². The maximum absolute atomic E-state index is 10.2. The molecule has 0 amide bonds. The van der Waals surface area contributed by atoms with Crippen LogP contribution in [0.1, 0.15) is 85.5 Å². The normalized spacial score (nSPS) is 37.4. The second-order valence-corrected chi connectivity index (χ2v) is 10.7. The van der Waals surface area contributed by atoms with Crippen LogP contribution in [0.25, 0.3) is 0 Å². The minimum atomic E-state index is -0.649. The largest absolute Gasteiger partial charge is 0.393 e. The van der Waals surface area contributed by atoms with Gasteiger partial charge in [0.2, 0.25) is 0 Å². The van der Waals surface area contributed by atoms with E-state index in [1.165, 1.54) is 43.3 Å². The third-order valence-corrected chi connectivity index (χ3v) is 8.31. The molecule has 0 spiro atoms. The zero-order chi connectivity index (χ0) is 21.2. The Kier molecular flexibility index (Phi) is 6.95. The van der Waals surface area contributed by atoms with Gasteiger partial charge in [0.15, 0.2) is 0 Å². The zero-order valence-corrected chi connectivity index (χ0v) is 19.1. The number of aliphatic hydroxyl groups is 2. The molecule has 2 heteroatoms. The first-order valence-corrected chi connectivity index (χ1v) is 11.8. The molecule has 3 aliphatic carbocycles. The van der Waals surface area contributed by atoms with Crippen molar-refractivity contribution in [2.24, 2.45) is 23.2 Å². The lowest BCUT2D eigenvalue weighted by Gasteiger charge is -2.42. The molecule has 0 aromatic heterocycles. The first-order chi connectivity index (χ1) is 13.6. The summed E-state index contributed by atoms with van der Waals surface area (Å²) in [7, 11) is 0. The van der Waals surface area contributed by atoms with Gasteiger partial charge in [0, 0.05) is 5.92 Å². The summed E-state index contributed by atoms with van der Waals surface area (Å²) in [6, 6.07) is 0. The molecular weight excluding hydrogens is 356 g/mol. The molecule has 1 unspecified atom stereocenters. The lowest BCUT2D eigenvalue weighted by Crippen LogP contribution is -2.33. The van der Waals surface area contributed by atoms with Crippen LogP contribution >= 0.6 is 0 Å². The van der Waals surface area contributed by atoms with E-state index < -0.39 is 5.60 Å². The van der Waals surface area contributed by atoms with Crippen LogP contribution in [-0.4, -0.2) is 21.9 Å². The van der Waals surface area contributed by atoms with E-state index in [9.17, 15) is 10.2 Å². The molecule has 3 aliphatic rings. The number of hydrogen-bond acceptors (Lipinski definition) is 2. The third kappa shape index (κ3) is 5.14. The summed E-state index contributed by atoms with van der Waals surface area (Å²) < 4.78 is 0. The molecule has 3 fully saturated rings. The Morgan fingerprint density at radius 1 is 1.21 bits per heavy atom. The van der Waals surface area contributed by atoms with Crippen LogP contribution in [0.3, 0.4) is 0 Å². The molecule has 0 bridgehead atoms. The molecule has 0 saturated heterocycles. The van der Waals surface area contributed by atoms with E-state index in [1.54, 1.807) is 5.57 Å². The fraction of sp³-hybridized carbons (Fsp3) is 0.704. The lowest BCUT2D eigenvalue weighted by molar-refractivity contribution is 0.0439. The number of rotatable bonds is 5. The minimum Gasteiger partial charge on any atom is -0.393 e. The zero-order valence-electron chi connectivity index (χ0n) is 19.1. The predicted molar refractivity (Wildman–Crippen MR) is 123 cm³/mol. The summed E-state index contributed by atoms with van der Waals surface area (Å²) in [5.74, 6) is 1.61. The molecule has 3 saturated carbocycles. The van der Waals surface area contributed by atoms with Crippen LogP contribution in [0, 0.1) is 23.2 Å². The Hall–Kier alpha value is -1.12. The van der Waals surface area contributed by atoms with Crippen molar-refractivity contribution >= 4 is 0 Å². The molecule has 2 nitrogen and oxygen atoms in total. The van der Waals surface area contributed by atoms with Crippen molar-refractivity contribution in [3.63, 3.8) is 0 Å². The Balaban J connectivity index is 1.70. The smallest absolute Gasteiger partial charge is 0.0651 e. The van der Waals surface area contributed by atoms with E-state index in [4.69, 9.17) is 0 Å². The van der Waals surface area contributed by atoms with Crippen molar-refractivity contribution in [1.82, 2.24) is 0 Å². The summed E-state index contributed by atoms with van der Waals surface area (Å²) >= 11 is 0. The summed E-state index contributed by atoms with van der Waals surface area (Å²) in [6.07, 6.45) is 19.1. The highest BCUT2D eigenvalue weighted by molar-refractivity contribution is 5.36. The Morgan fingerprint density at radius 2 is 1.97 bits per heavy atom. The first-order valence-electron chi connectivity index (χ1n) is 11.8. The molecule has 0 radical (unpaired) electrons. The maximum Gasteiger partial charge on any atom is 0.0651 e. The van der Waals surface area contributed by atoms with E-state index in [0.29, 0.717) is 11.3 Å². The molecule has 3 rings (SSSR count). The topological polar surface area (TPSA) is 40.5 Å². The summed E-state index contributed by atoms with van der Waals surface area (Å²) in [5.41, 5.74) is 3.83. The van der Waals surface area contributed by atoms with E-state index in [-0.39, 0.29) is 12.0 Å². The average Bonchev–Trinajstić information content (AvgIpc) is 2.98. The molecule has 0 heterocycles. The number of allylic oxidation sites excluding steroid dienone is 5. The maximum atomic E-state index is 10.2. The van der Waals surface area contributed by atoms with Crippen LogP contribution in [0.4, 0.5) is 0 Å². The van der Waals surface area contributed by atoms with Crippen LogP contribution in [-0.2, 0) is 0 Å².